The summed E-state index contributed by atoms with van der Waals surface area (Å²) >= 11 is 0. The van der Waals surface area contributed by atoms with E-state index in [9.17, 15) is 9.59 Å². The number of aliphatic hydroxyl groups excluding tert-OH is 1. The first-order valence-electron chi connectivity index (χ1n) is 3.54. The van der Waals surface area contributed by atoms with Crippen molar-refractivity contribution in [2.24, 2.45) is 0 Å². The number of carboxylic acid groups (broad SMARTS) is 2. The second-order valence-corrected chi connectivity index (χ2v) is 2.16. The van der Waals surface area contributed by atoms with Crippen LogP contribution in [0.5, 0.6) is 0 Å². The standard InChI is InChI=1S/C4H8O2.C3H6O3.Ti/c1-2-3-4(5)6;1-2(4)3(5)6;/h2-3H2,1H3,(H,5,6);2,4H,1H3,(H,5,6);. The summed E-state index contributed by atoms with van der Waals surface area (Å²) in [4.78, 5) is 19.0. The minimum absolute atomic E-state index is 0. The molecular formula is C7H14O5Ti. The van der Waals surface area contributed by atoms with Gasteiger partial charge in [0.15, 0.2) is 0 Å². The van der Waals surface area contributed by atoms with Crippen molar-refractivity contribution in [2.45, 2.75) is 32.8 Å². The van der Waals surface area contributed by atoms with Crippen molar-refractivity contribution in [3.05, 3.63) is 0 Å². The molecule has 0 aliphatic heterocycles. The predicted molar refractivity (Wildman–Crippen MR) is 41.9 cm³/mol. The molecule has 1 atom stereocenters. The first kappa shape index (κ1) is 18.4. The molecule has 0 radical (unpaired) electrons. The van der Waals surface area contributed by atoms with E-state index in [2.05, 4.69) is 0 Å². The third-order valence-electron chi connectivity index (χ3n) is 0.821. The van der Waals surface area contributed by atoms with Crippen LogP contribution in [0.4, 0.5) is 0 Å². The zero-order valence-corrected chi connectivity index (χ0v) is 9.21. The molecule has 0 aromatic carbocycles. The number of aliphatic carboxylic acids is 2. The second-order valence-electron chi connectivity index (χ2n) is 2.16. The third-order valence-corrected chi connectivity index (χ3v) is 0.821. The number of carbonyl (C=O) groups is 2. The van der Waals surface area contributed by atoms with E-state index < -0.39 is 18.0 Å². The molecule has 0 bridgehead atoms. The summed E-state index contributed by atoms with van der Waals surface area (Å²) in [6.07, 6.45) is -0.208. The van der Waals surface area contributed by atoms with E-state index in [4.69, 9.17) is 15.3 Å². The molecule has 0 rings (SSSR count). The molecule has 0 aromatic heterocycles. The summed E-state index contributed by atoms with van der Waals surface area (Å²) in [5.41, 5.74) is 0. The molecule has 1 unspecified atom stereocenters. The summed E-state index contributed by atoms with van der Waals surface area (Å²) in [6, 6.07) is 0. The second kappa shape index (κ2) is 11.6. The van der Waals surface area contributed by atoms with Gasteiger partial charge in [0, 0.05) is 28.1 Å². The van der Waals surface area contributed by atoms with E-state index in [1.54, 1.807) is 0 Å². The van der Waals surface area contributed by atoms with Crippen LogP contribution in [0, 0.1) is 0 Å². The van der Waals surface area contributed by atoms with Crippen LogP contribution in [0.15, 0.2) is 0 Å². The van der Waals surface area contributed by atoms with Gasteiger partial charge in [-0.3, -0.25) is 4.79 Å². The van der Waals surface area contributed by atoms with Crippen LogP contribution < -0.4 is 0 Å². The first-order chi connectivity index (χ1) is 5.41. The Bertz CT molecular complexity index is 146. The SMILES string of the molecule is CC(O)C(=O)O.CCCC(=O)O.[Ti]. The van der Waals surface area contributed by atoms with E-state index in [1.165, 1.54) is 6.92 Å². The molecule has 6 heteroatoms. The number of hydrogen-bond donors (Lipinski definition) is 3. The monoisotopic (exact) mass is 226 g/mol. The molecule has 13 heavy (non-hydrogen) atoms. The van der Waals surface area contributed by atoms with E-state index in [0.29, 0.717) is 6.42 Å². The molecule has 0 saturated heterocycles. The van der Waals surface area contributed by atoms with Gasteiger partial charge >= 0.3 is 11.9 Å². The molecule has 0 aromatic rings. The first-order valence-corrected chi connectivity index (χ1v) is 3.54. The van der Waals surface area contributed by atoms with Crippen molar-refractivity contribution in [2.75, 3.05) is 0 Å². The number of aliphatic hydroxyl groups is 1. The largest absolute Gasteiger partial charge is 0.481 e. The van der Waals surface area contributed by atoms with Crippen LogP contribution >= 0.6 is 0 Å². The summed E-state index contributed by atoms with van der Waals surface area (Å²) in [5.74, 6) is -1.90. The normalized spacial score (nSPS) is 10.1. The molecule has 3 N–H and O–H groups in total. The minimum Gasteiger partial charge on any atom is -0.481 e. The fraction of sp³-hybridized carbons (Fsp3) is 0.714. The van der Waals surface area contributed by atoms with Crippen LogP contribution in [0.2, 0.25) is 0 Å². The number of hydrogen-bond acceptors (Lipinski definition) is 3. The Kier molecular flexibility index (Phi) is 16.4. The zero-order valence-electron chi connectivity index (χ0n) is 7.65. The van der Waals surface area contributed by atoms with Crippen LogP contribution in [-0.4, -0.2) is 33.4 Å². The molecule has 0 saturated carbocycles. The third kappa shape index (κ3) is 24.5. The van der Waals surface area contributed by atoms with Crippen molar-refractivity contribution in [1.29, 1.82) is 0 Å². The van der Waals surface area contributed by atoms with Gasteiger partial charge in [0.2, 0.25) is 0 Å². The topological polar surface area (TPSA) is 94.8 Å². The molecule has 76 valence electrons. The Morgan fingerprint density at radius 1 is 1.31 bits per heavy atom. The number of carboxylic acids is 2. The summed E-state index contributed by atoms with van der Waals surface area (Å²) in [6.45, 7) is 3.04. The Balaban J connectivity index is -0.000000143. The van der Waals surface area contributed by atoms with Gasteiger partial charge in [-0.1, -0.05) is 6.92 Å². The summed E-state index contributed by atoms with van der Waals surface area (Å²) in [7, 11) is 0. The quantitative estimate of drug-likeness (QED) is 0.602. The van der Waals surface area contributed by atoms with Gasteiger partial charge in [-0.2, -0.15) is 0 Å². The molecule has 0 aliphatic carbocycles. The Hall–Kier alpha value is -0.386. The van der Waals surface area contributed by atoms with Crippen molar-refractivity contribution < 1.29 is 46.6 Å². The zero-order chi connectivity index (χ0) is 10.1. The van der Waals surface area contributed by atoms with E-state index in [1.807, 2.05) is 6.92 Å². The van der Waals surface area contributed by atoms with Gasteiger partial charge < -0.3 is 15.3 Å². The molecule has 0 fully saturated rings. The Labute approximate surface area is 91.6 Å². The van der Waals surface area contributed by atoms with Crippen LogP contribution in [0.25, 0.3) is 0 Å². The van der Waals surface area contributed by atoms with Crippen molar-refractivity contribution >= 4 is 11.9 Å². The van der Waals surface area contributed by atoms with Crippen molar-refractivity contribution in [3.8, 4) is 0 Å². The van der Waals surface area contributed by atoms with E-state index in [-0.39, 0.29) is 21.7 Å². The van der Waals surface area contributed by atoms with Gasteiger partial charge in [-0.15, -0.1) is 0 Å². The predicted octanol–water partition coefficient (Wildman–Crippen LogP) is 0.320. The molecule has 0 aliphatic rings. The summed E-state index contributed by atoms with van der Waals surface area (Å²) < 4.78 is 0. The average Bonchev–Trinajstić information content (AvgIpc) is 1.87. The smallest absolute Gasteiger partial charge is 0.332 e. The van der Waals surface area contributed by atoms with Gasteiger partial charge in [0.25, 0.3) is 0 Å². The van der Waals surface area contributed by atoms with E-state index in [0.717, 1.165) is 6.42 Å². The number of rotatable bonds is 3. The minimum atomic E-state index is -1.23. The van der Waals surface area contributed by atoms with Gasteiger partial charge in [0.1, 0.15) is 6.10 Å². The molecule has 5 nitrogen and oxygen atoms in total. The molecule has 0 amide bonds. The maximum absolute atomic E-state index is 9.60. The molecule has 0 heterocycles. The summed E-state index contributed by atoms with van der Waals surface area (Å²) in [5, 5.41) is 23.7. The van der Waals surface area contributed by atoms with Gasteiger partial charge in [0.05, 0.1) is 0 Å². The Morgan fingerprint density at radius 2 is 1.62 bits per heavy atom. The van der Waals surface area contributed by atoms with Gasteiger partial charge in [-0.25, -0.2) is 4.79 Å². The molecular weight excluding hydrogens is 212 g/mol. The Morgan fingerprint density at radius 3 is 1.62 bits per heavy atom. The molecule has 0 spiro atoms. The van der Waals surface area contributed by atoms with Crippen molar-refractivity contribution in [3.63, 3.8) is 0 Å². The van der Waals surface area contributed by atoms with Crippen LogP contribution in [0.1, 0.15) is 26.7 Å². The van der Waals surface area contributed by atoms with Crippen molar-refractivity contribution in [1.82, 2.24) is 0 Å². The van der Waals surface area contributed by atoms with Gasteiger partial charge in [-0.05, 0) is 13.3 Å². The van der Waals surface area contributed by atoms with Crippen LogP contribution in [-0.2, 0) is 31.3 Å². The fourth-order valence-electron chi connectivity index (χ4n) is 0.214. The van der Waals surface area contributed by atoms with E-state index >= 15 is 0 Å². The van der Waals surface area contributed by atoms with Crippen LogP contribution in [0.3, 0.4) is 0 Å². The fourth-order valence-corrected chi connectivity index (χ4v) is 0.214. The average molecular weight is 226 g/mol. The maximum Gasteiger partial charge on any atom is 0.332 e. The maximum atomic E-state index is 9.60.